The molecule has 0 bridgehead atoms. The van der Waals surface area contributed by atoms with Crippen molar-refractivity contribution >= 4 is 5.78 Å². The molecule has 0 saturated heterocycles. The van der Waals surface area contributed by atoms with Crippen molar-refractivity contribution in [1.29, 1.82) is 0 Å². The Labute approximate surface area is 107 Å². The average molecular weight is 277 g/mol. The zero-order valence-corrected chi connectivity index (χ0v) is 9.89. The van der Waals surface area contributed by atoms with Gasteiger partial charge in [-0.15, -0.1) is 0 Å². The summed E-state index contributed by atoms with van der Waals surface area (Å²) in [5.74, 6) is -1.99. The summed E-state index contributed by atoms with van der Waals surface area (Å²) in [6.45, 7) is 0.124. The molecule has 1 aromatic carbocycles. The van der Waals surface area contributed by atoms with E-state index in [0.717, 1.165) is 12.1 Å². The number of rotatable bonds is 5. The molecule has 2 unspecified atom stereocenters. The summed E-state index contributed by atoms with van der Waals surface area (Å²) < 4.78 is 36.8. The molecule has 0 saturated carbocycles. The van der Waals surface area contributed by atoms with Gasteiger partial charge in [-0.1, -0.05) is 18.2 Å². The van der Waals surface area contributed by atoms with Crippen LogP contribution in [0.3, 0.4) is 0 Å². The fourth-order valence-corrected chi connectivity index (χ4v) is 1.58. The molecule has 19 heavy (non-hydrogen) atoms. The van der Waals surface area contributed by atoms with Crippen molar-refractivity contribution in [2.24, 2.45) is 5.73 Å². The van der Waals surface area contributed by atoms with Crippen LogP contribution in [0.2, 0.25) is 0 Å². The maximum Gasteiger partial charge on any atom is 0.454 e. The molecular formula is C12H14F3NO3. The summed E-state index contributed by atoms with van der Waals surface area (Å²) in [6, 6.07) is 4.46. The zero-order chi connectivity index (χ0) is 14.6. The lowest BCUT2D eigenvalue weighted by Gasteiger charge is -2.18. The Balaban J connectivity index is 2.97. The van der Waals surface area contributed by atoms with Crippen LogP contribution in [-0.2, 0) is 0 Å². The van der Waals surface area contributed by atoms with Crippen LogP contribution < -0.4 is 5.73 Å². The highest BCUT2D eigenvalue weighted by atomic mass is 19.4. The van der Waals surface area contributed by atoms with E-state index in [1.54, 1.807) is 0 Å². The Morgan fingerprint density at radius 1 is 1.32 bits per heavy atom. The van der Waals surface area contributed by atoms with Gasteiger partial charge in [0.05, 0.1) is 6.10 Å². The van der Waals surface area contributed by atoms with Gasteiger partial charge in [-0.05, 0) is 24.6 Å². The van der Waals surface area contributed by atoms with Crippen molar-refractivity contribution in [3.8, 4) is 0 Å². The first kappa shape index (κ1) is 15.6. The standard InChI is InChI=1S/C12H14F3NO3/c13-12(14,15)11(19)8-3-1-2-7(6-8)10(18)9(17)4-5-16/h1-3,6,9-10,17-18H,4-5,16H2. The summed E-state index contributed by atoms with van der Waals surface area (Å²) in [5, 5.41) is 19.3. The number of Topliss-reactive ketones (excluding diaryl/α,β-unsaturated/α-hetero) is 1. The molecule has 0 amide bonds. The number of halogens is 3. The van der Waals surface area contributed by atoms with Crippen molar-refractivity contribution in [1.82, 2.24) is 0 Å². The molecule has 4 N–H and O–H groups in total. The van der Waals surface area contributed by atoms with Crippen LogP contribution in [0.4, 0.5) is 13.2 Å². The number of hydrogen-bond donors (Lipinski definition) is 3. The van der Waals surface area contributed by atoms with E-state index in [-0.39, 0.29) is 18.5 Å². The van der Waals surface area contributed by atoms with Gasteiger partial charge in [0.25, 0.3) is 5.78 Å². The van der Waals surface area contributed by atoms with Gasteiger partial charge in [-0.3, -0.25) is 4.79 Å². The number of aliphatic hydroxyl groups is 2. The lowest BCUT2D eigenvalue weighted by atomic mass is 9.99. The summed E-state index contributed by atoms with van der Waals surface area (Å²) in [6.07, 6.45) is -7.45. The Morgan fingerprint density at radius 2 is 1.95 bits per heavy atom. The van der Waals surface area contributed by atoms with Crippen LogP contribution in [0.1, 0.15) is 28.4 Å². The number of alkyl halides is 3. The first-order valence-electron chi connectivity index (χ1n) is 5.55. The Bertz CT molecular complexity index is 448. The molecule has 1 rings (SSSR count). The number of hydrogen-bond acceptors (Lipinski definition) is 4. The number of carbonyl (C=O) groups excluding carboxylic acids is 1. The number of aliphatic hydroxyl groups excluding tert-OH is 2. The quantitative estimate of drug-likeness (QED) is 0.706. The molecule has 0 radical (unpaired) electrons. The van der Waals surface area contributed by atoms with E-state index in [0.29, 0.717) is 0 Å². The number of ketones is 1. The Kier molecular flexibility index (Phi) is 5.04. The number of nitrogens with two attached hydrogens (primary N) is 1. The normalized spacial score (nSPS) is 15.1. The van der Waals surface area contributed by atoms with Gasteiger partial charge in [0, 0.05) is 5.56 Å². The van der Waals surface area contributed by atoms with E-state index in [1.165, 1.54) is 12.1 Å². The molecule has 0 aromatic heterocycles. The van der Waals surface area contributed by atoms with Crippen LogP contribution in [0.25, 0.3) is 0 Å². The predicted octanol–water partition coefficient (Wildman–Crippen LogP) is 1.17. The minimum atomic E-state index is -4.97. The summed E-state index contributed by atoms with van der Waals surface area (Å²) in [7, 11) is 0. The first-order chi connectivity index (χ1) is 8.77. The molecular weight excluding hydrogens is 263 g/mol. The van der Waals surface area contributed by atoms with Crippen LogP contribution in [0.15, 0.2) is 24.3 Å². The molecule has 0 spiro atoms. The topological polar surface area (TPSA) is 83.6 Å². The van der Waals surface area contributed by atoms with Crippen LogP contribution in [0, 0.1) is 0 Å². The largest absolute Gasteiger partial charge is 0.454 e. The predicted molar refractivity (Wildman–Crippen MR) is 61.5 cm³/mol. The Hall–Kier alpha value is -1.44. The minimum Gasteiger partial charge on any atom is -0.390 e. The maximum atomic E-state index is 12.3. The van der Waals surface area contributed by atoms with Gasteiger partial charge in [0.2, 0.25) is 0 Å². The van der Waals surface area contributed by atoms with Gasteiger partial charge in [0.15, 0.2) is 0 Å². The highest BCUT2D eigenvalue weighted by molar-refractivity contribution is 6.00. The second-order valence-electron chi connectivity index (χ2n) is 4.04. The van der Waals surface area contributed by atoms with Crippen molar-refractivity contribution in [3.63, 3.8) is 0 Å². The van der Waals surface area contributed by atoms with E-state index >= 15 is 0 Å². The average Bonchev–Trinajstić information content (AvgIpc) is 2.36. The van der Waals surface area contributed by atoms with Gasteiger partial charge in [-0.25, -0.2) is 0 Å². The third-order valence-corrected chi connectivity index (χ3v) is 2.57. The number of benzene rings is 1. The van der Waals surface area contributed by atoms with Crippen molar-refractivity contribution < 1.29 is 28.2 Å². The summed E-state index contributed by atoms with van der Waals surface area (Å²) >= 11 is 0. The SMILES string of the molecule is NCCC(O)C(O)c1cccc(C(=O)C(F)(F)F)c1. The molecule has 2 atom stereocenters. The summed E-state index contributed by atoms with van der Waals surface area (Å²) in [4.78, 5) is 11.0. The lowest BCUT2D eigenvalue weighted by Crippen LogP contribution is -2.24. The van der Waals surface area contributed by atoms with E-state index in [9.17, 15) is 28.2 Å². The first-order valence-corrected chi connectivity index (χ1v) is 5.55. The van der Waals surface area contributed by atoms with E-state index in [2.05, 4.69) is 0 Å². The monoisotopic (exact) mass is 277 g/mol. The maximum absolute atomic E-state index is 12.3. The second kappa shape index (κ2) is 6.14. The van der Waals surface area contributed by atoms with Crippen molar-refractivity contribution in [2.75, 3.05) is 6.54 Å². The molecule has 0 aliphatic carbocycles. The fraction of sp³-hybridized carbons (Fsp3) is 0.417. The third kappa shape index (κ3) is 4.02. The molecule has 1 aromatic rings. The van der Waals surface area contributed by atoms with Crippen LogP contribution in [0.5, 0.6) is 0 Å². The van der Waals surface area contributed by atoms with Crippen LogP contribution >= 0.6 is 0 Å². The molecule has 0 aliphatic heterocycles. The van der Waals surface area contributed by atoms with Gasteiger partial charge < -0.3 is 15.9 Å². The number of carbonyl (C=O) groups is 1. The fourth-order valence-electron chi connectivity index (χ4n) is 1.58. The smallest absolute Gasteiger partial charge is 0.390 e. The molecule has 0 heterocycles. The highest BCUT2D eigenvalue weighted by Gasteiger charge is 2.39. The van der Waals surface area contributed by atoms with Crippen molar-refractivity contribution in [2.45, 2.75) is 24.8 Å². The van der Waals surface area contributed by atoms with Crippen molar-refractivity contribution in [3.05, 3.63) is 35.4 Å². The molecule has 4 nitrogen and oxygen atoms in total. The third-order valence-electron chi connectivity index (χ3n) is 2.57. The zero-order valence-electron chi connectivity index (χ0n) is 9.89. The van der Waals surface area contributed by atoms with Gasteiger partial charge in [0.1, 0.15) is 6.10 Å². The molecule has 7 heteroatoms. The van der Waals surface area contributed by atoms with E-state index in [4.69, 9.17) is 5.73 Å². The van der Waals surface area contributed by atoms with E-state index < -0.39 is 29.7 Å². The van der Waals surface area contributed by atoms with Crippen LogP contribution in [-0.4, -0.2) is 34.8 Å². The molecule has 106 valence electrons. The molecule has 0 fully saturated rings. The minimum absolute atomic E-state index is 0.0380. The summed E-state index contributed by atoms with van der Waals surface area (Å²) in [5.41, 5.74) is 4.66. The van der Waals surface area contributed by atoms with Gasteiger partial charge in [-0.2, -0.15) is 13.2 Å². The lowest BCUT2D eigenvalue weighted by molar-refractivity contribution is -0.0885. The van der Waals surface area contributed by atoms with Gasteiger partial charge >= 0.3 is 6.18 Å². The second-order valence-corrected chi connectivity index (χ2v) is 4.04. The molecule has 0 aliphatic rings. The Morgan fingerprint density at radius 3 is 2.47 bits per heavy atom. The highest BCUT2D eigenvalue weighted by Crippen LogP contribution is 2.25. The van der Waals surface area contributed by atoms with E-state index in [1.807, 2.05) is 0 Å².